The lowest BCUT2D eigenvalue weighted by molar-refractivity contribution is 0.200. The van der Waals surface area contributed by atoms with E-state index >= 15 is 0 Å². The molecule has 1 aliphatic rings. The molecule has 0 spiro atoms. The van der Waals surface area contributed by atoms with Crippen LogP contribution in [0.15, 0.2) is 73.2 Å². The quantitative estimate of drug-likeness (QED) is 0.496. The maximum absolute atomic E-state index is 5.84. The van der Waals surface area contributed by atoms with Crippen molar-refractivity contribution < 1.29 is 4.74 Å². The van der Waals surface area contributed by atoms with Crippen LogP contribution in [0.4, 0.5) is 5.82 Å². The Hall–Kier alpha value is -3.45. The molecule has 0 unspecified atom stereocenters. The lowest BCUT2D eigenvalue weighted by Gasteiger charge is -2.35. The third kappa shape index (κ3) is 3.84. The highest BCUT2D eigenvalue weighted by Gasteiger charge is 2.21. The van der Waals surface area contributed by atoms with Gasteiger partial charge in [0.15, 0.2) is 5.65 Å². The zero-order valence-corrected chi connectivity index (χ0v) is 16.8. The molecule has 3 heterocycles. The molecule has 7 nitrogen and oxygen atoms in total. The molecule has 7 heteroatoms. The monoisotopic (exact) mass is 400 g/mol. The number of ether oxygens (including phenoxy) is 1. The second-order valence-electron chi connectivity index (χ2n) is 7.32. The van der Waals surface area contributed by atoms with Crippen LogP contribution in [0.2, 0.25) is 0 Å². The van der Waals surface area contributed by atoms with E-state index in [4.69, 9.17) is 4.74 Å². The Balaban J connectivity index is 1.23. The van der Waals surface area contributed by atoms with Crippen molar-refractivity contribution in [1.29, 1.82) is 0 Å². The second kappa shape index (κ2) is 8.51. The molecule has 0 aliphatic carbocycles. The van der Waals surface area contributed by atoms with Gasteiger partial charge in [-0.2, -0.15) is 5.10 Å². The minimum atomic E-state index is 0.700. The van der Waals surface area contributed by atoms with Crippen molar-refractivity contribution in [2.45, 2.75) is 0 Å². The highest BCUT2D eigenvalue weighted by molar-refractivity contribution is 5.87. The van der Waals surface area contributed by atoms with Gasteiger partial charge in [0.1, 0.15) is 24.5 Å². The highest BCUT2D eigenvalue weighted by atomic mass is 16.5. The molecule has 1 aliphatic heterocycles. The van der Waals surface area contributed by atoms with E-state index in [9.17, 15) is 0 Å². The van der Waals surface area contributed by atoms with E-state index in [-0.39, 0.29) is 0 Å². The van der Waals surface area contributed by atoms with Gasteiger partial charge < -0.3 is 9.64 Å². The second-order valence-corrected chi connectivity index (χ2v) is 7.32. The van der Waals surface area contributed by atoms with E-state index in [1.165, 1.54) is 0 Å². The fourth-order valence-corrected chi connectivity index (χ4v) is 3.83. The zero-order valence-electron chi connectivity index (χ0n) is 16.8. The van der Waals surface area contributed by atoms with Gasteiger partial charge in [0.05, 0.1) is 17.3 Å². The smallest absolute Gasteiger partial charge is 0.168 e. The summed E-state index contributed by atoms with van der Waals surface area (Å²) in [6, 6.07) is 20.1. The van der Waals surface area contributed by atoms with Crippen molar-refractivity contribution in [1.82, 2.24) is 24.6 Å². The predicted molar refractivity (Wildman–Crippen MR) is 117 cm³/mol. The number of nitrogens with zero attached hydrogens (tertiary/aromatic N) is 6. The van der Waals surface area contributed by atoms with E-state index in [1.807, 2.05) is 71.5 Å². The number of hydrogen-bond donors (Lipinski definition) is 0. The maximum Gasteiger partial charge on any atom is 0.168 e. The van der Waals surface area contributed by atoms with Crippen LogP contribution in [0.3, 0.4) is 0 Å². The summed E-state index contributed by atoms with van der Waals surface area (Å²) in [5.74, 6) is 1.89. The number of anilines is 1. The van der Waals surface area contributed by atoms with E-state index in [1.54, 1.807) is 6.33 Å². The molecule has 1 saturated heterocycles. The van der Waals surface area contributed by atoms with E-state index < -0.39 is 0 Å². The summed E-state index contributed by atoms with van der Waals surface area (Å²) in [7, 11) is 0. The van der Waals surface area contributed by atoms with E-state index in [0.29, 0.717) is 6.61 Å². The van der Waals surface area contributed by atoms with Crippen LogP contribution >= 0.6 is 0 Å². The summed E-state index contributed by atoms with van der Waals surface area (Å²) >= 11 is 0. The molecule has 0 bridgehead atoms. The van der Waals surface area contributed by atoms with E-state index in [0.717, 1.165) is 61.0 Å². The van der Waals surface area contributed by atoms with Crippen molar-refractivity contribution in [2.75, 3.05) is 44.2 Å². The Kier molecular flexibility index (Phi) is 5.26. The Morgan fingerprint density at radius 1 is 0.833 bits per heavy atom. The third-order valence-electron chi connectivity index (χ3n) is 5.44. The van der Waals surface area contributed by atoms with Crippen molar-refractivity contribution >= 4 is 16.9 Å². The molecule has 0 radical (unpaired) electrons. The molecule has 0 saturated carbocycles. The molecule has 2 aromatic carbocycles. The molecule has 0 amide bonds. The molecule has 5 rings (SSSR count). The first-order valence-corrected chi connectivity index (χ1v) is 10.3. The molecular formula is C23H24N6O. The Labute approximate surface area is 175 Å². The standard InChI is InChI=1S/C23H24N6O/c1-3-7-19(8-4-1)29-23-21(17-26-29)22(24-18-25-23)28-13-11-27(12-14-28)15-16-30-20-9-5-2-6-10-20/h1-10,17-18H,11-16H2. The zero-order chi connectivity index (χ0) is 20.2. The molecule has 2 aromatic heterocycles. The van der Waals surface area contributed by atoms with Gasteiger partial charge in [-0.3, -0.25) is 4.90 Å². The summed E-state index contributed by atoms with van der Waals surface area (Å²) < 4.78 is 7.71. The summed E-state index contributed by atoms with van der Waals surface area (Å²) in [6.07, 6.45) is 3.51. The average Bonchev–Trinajstić information content (AvgIpc) is 3.25. The molecule has 1 fully saturated rings. The largest absolute Gasteiger partial charge is 0.492 e. The Bertz CT molecular complexity index is 1090. The summed E-state index contributed by atoms with van der Waals surface area (Å²) in [5, 5.41) is 5.55. The van der Waals surface area contributed by atoms with Crippen LogP contribution in [-0.2, 0) is 0 Å². The lowest BCUT2D eigenvalue weighted by Crippen LogP contribution is -2.47. The Morgan fingerprint density at radius 2 is 1.57 bits per heavy atom. The van der Waals surface area contributed by atoms with Crippen LogP contribution in [0.25, 0.3) is 16.7 Å². The van der Waals surface area contributed by atoms with Gasteiger partial charge in [0.25, 0.3) is 0 Å². The van der Waals surface area contributed by atoms with Gasteiger partial charge in [0, 0.05) is 32.7 Å². The first-order valence-electron chi connectivity index (χ1n) is 10.3. The molecule has 30 heavy (non-hydrogen) atoms. The summed E-state index contributed by atoms with van der Waals surface area (Å²) in [6.45, 7) is 5.44. The normalized spacial score (nSPS) is 14.9. The highest BCUT2D eigenvalue weighted by Crippen LogP contribution is 2.25. The van der Waals surface area contributed by atoms with Crippen molar-refractivity contribution in [3.05, 3.63) is 73.2 Å². The Morgan fingerprint density at radius 3 is 2.33 bits per heavy atom. The number of para-hydroxylation sites is 2. The van der Waals surface area contributed by atoms with Gasteiger partial charge >= 0.3 is 0 Å². The molecule has 0 N–H and O–H groups in total. The number of fused-ring (bicyclic) bond motifs is 1. The van der Waals surface area contributed by atoms with E-state index in [2.05, 4.69) is 24.9 Å². The van der Waals surface area contributed by atoms with Crippen molar-refractivity contribution in [2.24, 2.45) is 0 Å². The SMILES string of the molecule is c1ccc(OCCN2CCN(c3ncnc4c3cnn4-c3ccccc3)CC2)cc1. The molecule has 152 valence electrons. The number of piperazine rings is 1. The van der Waals surface area contributed by atoms with Crippen molar-refractivity contribution in [3.8, 4) is 11.4 Å². The van der Waals surface area contributed by atoms with Gasteiger partial charge in [0.2, 0.25) is 0 Å². The minimum Gasteiger partial charge on any atom is -0.492 e. The first-order chi connectivity index (χ1) is 14.9. The van der Waals surface area contributed by atoms with Crippen LogP contribution < -0.4 is 9.64 Å². The van der Waals surface area contributed by atoms with Crippen LogP contribution in [-0.4, -0.2) is 64.0 Å². The summed E-state index contributed by atoms with van der Waals surface area (Å²) in [4.78, 5) is 13.8. The van der Waals surface area contributed by atoms with Crippen LogP contribution in [0.1, 0.15) is 0 Å². The fraction of sp³-hybridized carbons (Fsp3) is 0.261. The predicted octanol–water partition coefficient (Wildman–Crippen LogP) is 3.02. The van der Waals surface area contributed by atoms with Gasteiger partial charge in [-0.05, 0) is 24.3 Å². The molecular weight excluding hydrogens is 376 g/mol. The topological polar surface area (TPSA) is 59.3 Å². The number of hydrogen-bond acceptors (Lipinski definition) is 6. The number of rotatable bonds is 6. The molecule has 4 aromatic rings. The third-order valence-corrected chi connectivity index (χ3v) is 5.44. The lowest BCUT2D eigenvalue weighted by atomic mass is 10.2. The van der Waals surface area contributed by atoms with Gasteiger partial charge in [-0.25, -0.2) is 14.6 Å². The minimum absolute atomic E-state index is 0.700. The fourth-order valence-electron chi connectivity index (χ4n) is 3.83. The first kappa shape index (κ1) is 18.6. The molecule has 0 atom stereocenters. The number of aromatic nitrogens is 4. The number of benzene rings is 2. The van der Waals surface area contributed by atoms with Crippen molar-refractivity contribution in [3.63, 3.8) is 0 Å². The maximum atomic E-state index is 5.84. The van der Waals surface area contributed by atoms with Gasteiger partial charge in [-0.15, -0.1) is 0 Å². The van der Waals surface area contributed by atoms with Gasteiger partial charge in [-0.1, -0.05) is 36.4 Å². The van der Waals surface area contributed by atoms with Crippen LogP contribution in [0, 0.1) is 0 Å². The summed E-state index contributed by atoms with van der Waals surface area (Å²) in [5.41, 5.74) is 1.84. The average molecular weight is 400 g/mol. The van der Waals surface area contributed by atoms with Crippen LogP contribution in [0.5, 0.6) is 5.75 Å².